The maximum Gasteiger partial charge on any atom is 0.244 e. The van der Waals surface area contributed by atoms with E-state index in [4.69, 9.17) is 16.0 Å². The van der Waals surface area contributed by atoms with E-state index in [9.17, 15) is 4.79 Å². The van der Waals surface area contributed by atoms with E-state index in [0.717, 1.165) is 22.5 Å². The smallest absolute Gasteiger partial charge is 0.244 e. The van der Waals surface area contributed by atoms with Crippen LogP contribution in [0, 0.1) is 0 Å². The van der Waals surface area contributed by atoms with Crippen molar-refractivity contribution >= 4 is 23.6 Å². The second-order valence-corrected chi connectivity index (χ2v) is 5.54. The first-order chi connectivity index (χ1) is 11.7. The molecule has 2 heterocycles. The predicted octanol–water partition coefficient (Wildman–Crippen LogP) is 4.32. The van der Waals surface area contributed by atoms with E-state index >= 15 is 0 Å². The molecule has 2 aromatic heterocycles. The number of hydrogen-bond acceptors (Lipinski definition) is 3. The normalized spacial score (nSPS) is 10.9. The van der Waals surface area contributed by atoms with Gasteiger partial charge in [0.1, 0.15) is 5.76 Å². The third kappa shape index (κ3) is 4.12. The Balaban J connectivity index is 1.61. The van der Waals surface area contributed by atoms with Crippen molar-refractivity contribution < 1.29 is 9.21 Å². The number of carbonyl (C=O) groups excluding carboxylic acids is 1. The van der Waals surface area contributed by atoms with Crippen molar-refractivity contribution in [1.82, 2.24) is 10.3 Å². The van der Waals surface area contributed by atoms with Crippen LogP contribution < -0.4 is 5.32 Å². The molecule has 4 nitrogen and oxygen atoms in total. The Bertz CT molecular complexity index is 857. The lowest BCUT2D eigenvalue weighted by molar-refractivity contribution is -0.116. The molecule has 0 atom stereocenters. The van der Waals surface area contributed by atoms with Crippen LogP contribution in [0.2, 0.25) is 5.02 Å². The van der Waals surface area contributed by atoms with Crippen molar-refractivity contribution in [3.8, 4) is 11.3 Å². The molecule has 5 heteroatoms. The second-order valence-electron chi connectivity index (χ2n) is 5.13. The van der Waals surface area contributed by atoms with Crippen molar-refractivity contribution in [3.05, 3.63) is 83.3 Å². The van der Waals surface area contributed by atoms with E-state index in [1.54, 1.807) is 30.8 Å². The van der Waals surface area contributed by atoms with Gasteiger partial charge in [-0.1, -0.05) is 29.8 Å². The highest BCUT2D eigenvalue weighted by molar-refractivity contribution is 6.32. The van der Waals surface area contributed by atoms with E-state index in [2.05, 4.69) is 10.3 Å². The molecule has 0 aliphatic carbocycles. The van der Waals surface area contributed by atoms with Gasteiger partial charge in [-0.2, -0.15) is 0 Å². The highest BCUT2D eigenvalue weighted by Crippen LogP contribution is 2.19. The number of aromatic nitrogens is 1. The van der Waals surface area contributed by atoms with Crippen molar-refractivity contribution in [3.63, 3.8) is 0 Å². The zero-order valence-corrected chi connectivity index (χ0v) is 13.5. The Hall–Kier alpha value is -2.85. The Kier molecular flexibility index (Phi) is 5.08. The summed E-state index contributed by atoms with van der Waals surface area (Å²) in [5.74, 6) is 0.549. The highest BCUT2D eigenvalue weighted by atomic mass is 35.5. The molecule has 0 aliphatic heterocycles. The van der Waals surface area contributed by atoms with Crippen LogP contribution in [0.4, 0.5) is 0 Å². The van der Waals surface area contributed by atoms with Crippen LogP contribution >= 0.6 is 11.6 Å². The number of carbonyl (C=O) groups is 1. The maximum atomic E-state index is 11.9. The summed E-state index contributed by atoms with van der Waals surface area (Å²) in [4.78, 5) is 16.1. The largest absolute Gasteiger partial charge is 0.464 e. The SMILES string of the molecule is O=C(/C=C/c1ccccc1Cl)NCc1cncc(-c2ccco2)c1. The van der Waals surface area contributed by atoms with Gasteiger partial charge in [-0.25, -0.2) is 0 Å². The summed E-state index contributed by atoms with van der Waals surface area (Å²) in [6, 6.07) is 13.0. The van der Waals surface area contributed by atoms with Crippen LogP contribution in [-0.2, 0) is 11.3 Å². The van der Waals surface area contributed by atoms with Crippen molar-refractivity contribution in [1.29, 1.82) is 0 Å². The minimum Gasteiger partial charge on any atom is -0.464 e. The van der Waals surface area contributed by atoms with Crippen molar-refractivity contribution in [2.75, 3.05) is 0 Å². The summed E-state index contributed by atoms with van der Waals surface area (Å²) in [6.45, 7) is 0.382. The van der Waals surface area contributed by atoms with Gasteiger partial charge in [0.05, 0.1) is 6.26 Å². The number of amides is 1. The van der Waals surface area contributed by atoms with Crippen LogP contribution in [-0.4, -0.2) is 10.9 Å². The van der Waals surface area contributed by atoms with Gasteiger partial charge in [0, 0.05) is 35.6 Å². The fourth-order valence-corrected chi connectivity index (χ4v) is 2.38. The Morgan fingerprint density at radius 1 is 1.21 bits per heavy atom. The Morgan fingerprint density at radius 3 is 2.88 bits per heavy atom. The molecule has 0 saturated heterocycles. The van der Waals surface area contributed by atoms with Crippen LogP contribution in [0.15, 0.2) is 71.6 Å². The summed E-state index contributed by atoms with van der Waals surface area (Å²) in [5.41, 5.74) is 2.57. The van der Waals surface area contributed by atoms with Gasteiger partial charge in [-0.3, -0.25) is 9.78 Å². The molecule has 0 fully saturated rings. The third-order valence-corrected chi connectivity index (χ3v) is 3.73. The number of halogens is 1. The molecule has 3 aromatic rings. The van der Waals surface area contributed by atoms with Crippen LogP contribution in [0.1, 0.15) is 11.1 Å². The zero-order valence-electron chi connectivity index (χ0n) is 12.8. The third-order valence-electron chi connectivity index (χ3n) is 3.39. The van der Waals surface area contributed by atoms with Crippen molar-refractivity contribution in [2.45, 2.75) is 6.54 Å². The number of furan rings is 1. The number of rotatable bonds is 5. The van der Waals surface area contributed by atoms with E-state index in [-0.39, 0.29) is 5.91 Å². The van der Waals surface area contributed by atoms with E-state index in [1.807, 2.05) is 36.4 Å². The molecule has 0 unspecified atom stereocenters. The zero-order chi connectivity index (χ0) is 16.8. The first kappa shape index (κ1) is 16.0. The summed E-state index contributed by atoms with van der Waals surface area (Å²) in [7, 11) is 0. The number of nitrogens with one attached hydrogen (secondary N) is 1. The van der Waals surface area contributed by atoms with Gasteiger partial charge >= 0.3 is 0 Å². The molecule has 0 bridgehead atoms. The molecule has 0 saturated carbocycles. The molecule has 0 aliphatic rings. The van der Waals surface area contributed by atoms with E-state index in [0.29, 0.717) is 11.6 Å². The number of hydrogen-bond donors (Lipinski definition) is 1. The minimum absolute atomic E-state index is 0.196. The van der Waals surface area contributed by atoms with E-state index in [1.165, 1.54) is 6.08 Å². The summed E-state index contributed by atoms with van der Waals surface area (Å²) >= 11 is 6.05. The van der Waals surface area contributed by atoms with Crippen molar-refractivity contribution in [2.24, 2.45) is 0 Å². The molecular weight excluding hydrogens is 324 g/mol. The molecule has 0 radical (unpaired) electrons. The molecule has 1 aromatic carbocycles. The standard InChI is InChI=1S/C19H15ClN2O2/c20-17-5-2-1-4-15(17)7-8-19(23)22-12-14-10-16(13-21-11-14)18-6-3-9-24-18/h1-11,13H,12H2,(H,22,23)/b8-7+. The Morgan fingerprint density at radius 2 is 2.08 bits per heavy atom. The average molecular weight is 339 g/mol. The number of nitrogens with zero attached hydrogens (tertiary/aromatic N) is 1. The van der Waals surface area contributed by atoms with Gasteiger partial charge in [-0.15, -0.1) is 0 Å². The Labute approximate surface area is 144 Å². The van der Waals surface area contributed by atoms with Gasteiger partial charge in [0.15, 0.2) is 0 Å². The molecule has 1 N–H and O–H groups in total. The highest BCUT2D eigenvalue weighted by Gasteiger charge is 2.04. The summed E-state index contributed by atoms with van der Waals surface area (Å²) in [5, 5.41) is 3.43. The average Bonchev–Trinajstić information content (AvgIpc) is 3.14. The lowest BCUT2D eigenvalue weighted by atomic mass is 10.1. The molecule has 24 heavy (non-hydrogen) atoms. The summed E-state index contributed by atoms with van der Waals surface area (Å²) < 4.78 is 5.35. The fourth-order valence-electron chi connectivity index (χ4n) is 2.19. The predicted molar refractivity (Wildman–Crippen MR) is 94.3 cm³/mol. The van der Waals surface area contributed by atoms with Gasteiger partial charge in [-0.05, 0) is 41.5 Å². The van der Waals surface area contributed by atoms with Crippen LogP contribution in [0.25, 0.3) is 17.4 Å². The lowest BCUT2D eigenvalue weighted by Gasteiger charge is -2.04. The van der Waals surface area contributed by atoms with Crippen LogP contribution in [0.3, 0.4) is 0 Å². The minimum atomic E-state index is -0.196. The van der Waals surface area contributed by atoms with Gasteiger partial charge in [0.2, 0.25) is 5.91 Å². The molecule has 0 spiro atoms. The number of pyridine rings is 1. The maximum absolute atomic E-state index is 11.9. The lowest BCUT2D eigenvalue weighted by Crippen LogP contribution is -2.20. The fraction of sp³-hybridized carbons (Fsp3) is 0.0526. The number of benzene rings is 1. The first-order valence-electron chi connectivity index (χ1n) is 7.40. The molecule has 1 amide bonds. The quantitative estimate of drug-likeness (QED) is 0.705. The monoisotopic (exact) mass is 338 g/mol. The molecule has 120 valence electrons. The molecular formula is C19H15ClN2O2. The topological polar surface area (TPSA) is 55.1 Å². The van der Waals surface area contributed by atoms with E-state index < -0.39 is 0 Å². The van der Waals surface area contributed by atoms with Gasteiger partial charge < -0.3 is 9.73 Å². The first-order valence-corrected chi connectivity index (χ1v) is 7.78. The van der Waals surface area contributed by atoms with Gasteiger partial charge in [0.25, 0.3) is 0 Å². The summed E-state index contributed by atoms with van der Waals surface area (Å²) in [6.07, 6.45) is 8.20. The second kappa shape index (κ2) is 7.62. The molecule has 3 rings (SSSR count). The van der Waals surface area contributed by atoms with Crippen LogP contribution in [0.5, 0.6) is 0 Å².